The van der Waals surface area contributed by atoms with Crippen molar-refractivity contribution in [2.24, 2.45) is 0 Å². The van der Waals surface area contributed by atoms with E-state index in [2.05, 4.69) is 20.0 Å². The van der Waals surface area contributed by atoms with Gasteiger partial charge < -0.3 is 4.74 Å². The predicted octanol–water partition coefficient (Wildman–Crippen LogP) is 2.74. The minimum absolute atomic E-state index is 0.138. The molecule has 188 valence electrons. The first-order chi connectivity index (χ1) is 17.3. The first kappa shape index (κ1) is 25.4. The summed E-state index contributed by atoms with van der Waals surface area (Å²) in [5.74, 6) is -0.0138. The Balaban J connectivity index is 1.49. The number of nitrogens with one attached hydrogen (secondary N) is 2. The maximum Gasteiger partial charge on any atom is 0.268 e. The zero-order valence-corrected chi connectivity index (χ0v) is 21.0. The van der Waals surface area contributed by atoms with Crippen molar-refractivity contribution in [3.05, 3.63) is 78.2 Å². The van der Waals surface area contributed by atoms with Crippen molar-refractivity contribution in [3.63, 3.8) is 0 Å². The maximum atomic E-state index is 13.0. The van der Waals surface area contributed by atoms with Gasteiger partial charge in [0.2, 0.25) is 0 Å². The summed E-state index contributed by atoms with van der Waals surface area (Å²) in [6, 6.07) is 14.1. The molecule has 11 nitrogen and oxygen atoms in total. The average molecular weight is 529 g/mol. The molecule has 2 unspecified atom stereocenters. The van der Waals surface area contributed by atoms with Gasteiger partial charge in [0, 0.05) is 12.6 Å². The molecule has 13 heteroatoms. The van der Waals surface area contributed by atoms with E-state index in [1.165, 1.54) is 16.9 Å². The van der Waals surface area contributed by atoms with Gasteiger partial charge in [0.15, 0.2) is 0 Å². The summed E-state index contributed by atoms with van der Waals surface area (Å²) in [6.07, 6.45) is 3.33. The topological polar surface area (TPSA) is 148 Å². The summed E-state index contributed by atoms with van der Waals surface area (Å²) >= 11 is 1.11. The van der Waals surface area contributed by atoms with Crippen LogP contribution in [0.25, 0.3) is 10.6 Å². The molecule has 0 aliphatic heterocycles. The number of hydrogen-bond acceptors (Lipinski definition) is 9. The fourth-order valence-corrected chi connectivity index (χ4v) is 5.99. The van der Waals surface area contributed by atoms with Gasteiger partial charge >= 0.3 is 0 Å². The van der Waals surface area contributed by atoms with Crippen LogP contribution in [0.4, 0.5) is 0 Å². The molecule has 36 heavy (non-hydrogen) atoms. The number of hydroxylamine groups is 1. The lowest BCUT2D eigenvalue weighted by molar-refractivity contribution is -0.133. The molecule has 4 rings (SSSR count). The van der Waals surface area contributed by atoms with Gasteiger partial charge in [-0.3, -0.25) is 15.0 Å². The number of hydrogen-bond donors (Lipinski definition) is 3. The molecular formula is C23H24N6O5S2. The second-order valence-electron chi connectivity index (χ2n) is 7.84. The lowest BCUT2D eigenvalue weighted by atomic mass is 10.1. The third-order valence-corrected chi connectivity index (χ3v) is 8.53. The summed E-state index contributed by atoms with van der Waals surface area (Å²) in [5, 5.41) is 17.3. The molecular weight excluding hydrogens is 504 g/mol. The van der Waals surface area contributed by atoms with Gasteiger partial charge in [0.25, 0.3) is 15.9 Å². The van der Waals surface area contributed by atoms with Crippen molar-refractivity contribution in [2.45, 2.75) is 29.6 Å². The number of carbonyl (C=O) groups is 1. The lowest BCUT2D eigenvalue weighted by Crippen LogP contribution is -2.32. The highest BCUT2D eigenvalue weighted by molar-refractivity contribution is 7.91. The Hall–Kier alpha value is -3.65. The number of pyridine rings is 1. The lowest BCUT2D eigenvalue weighted by Gasteiger charge is -2.15. The number of rotatable bonds is 10. The largest absolute Gasteiger partial charge is 0.497 e. The van der Waals surface area contributed by atoms with Gasteiger partial charge in [-0.1, -0.05) is 23.4 Å². The van der Waals surface area contributed by atoms with E-state index in [1.54, 1.807) is 62.1 Å². The average Bonchev–Trinajstić information content (AvgIpc) is 3.59. The molecule has 3 heterocycles. The first-order valence-corrected chi connectivity index (χ1v) is 13.1. The number of benzene rings is 1. The van der Waals surface area contributed by atoms with E-state index in [0.717, 1.165) is 21.8 Å². The number of methoxy groups -OCH3 is 1. The second kappa shape index (κ2) is 11.0. The number of thiophene rings is 1. The third-order valence-electron chi connectivity index (χ3n) is 5.39. The summed E-state index contributed by atoms with van der Waals surface area (Å²) in [5.41, 5.74) is 3.45. The van der Waals surface area contributed by atoms with Crippen LogP contribution in [0.3, 0.4) is 0 Å². The third kappa shape index (κ3) is 5.76. The number of ether oxygens (including phenoxy) is 1. The Kier molecular flexibility index (Phi) is 7.74. The summed E-state index contributed by atoms with van der Waals surface area (Å²) in [4.78, 5) is 17.3. The fourth-order valence-electron chi connectivity index (χ4n) is 3.47. The number of carbonyl (C=O) groups excluding carboxylic acids is 1. The Morgan fingerprint density at radius 1 is 1.17 bits per heavy atom. The van der Waals surface area contributed by atoms with E-state index < -0.39 is 28.0 Å². The van der Waals surface area contributed by atoms with Gasteiger partial charge in [-0.15, -0.1) is 16.4 Å². The highest BCUT2D eigenvalue weighted by Crippen LogP contribution is 2.30. The molecule has 0 bridgehead atoms. The van der Waals surface area contributed by atoms with Crippen LogP contribution in [0.15, 0.2) is 71.2 Å². The highest BCUT2D eigenvalue weighted by atomic mass is 32.2. The standard InChI is InChI=1S/C23H24N6O5S2/c1-15(27-36(32,33)22-11-10-21(35-22)18-5-3-4-12-24-18)19-14-29(28-25-19)20(23(30)26-31)13-16-6-8-17(34-2)9-7-16/h3-12,14-15,20,27,31H,13H2,1-2H3,(H,26,30). The number of sulfonamides is 1. The molecule has 0 aliphatic carbocycles. The molecule has 0 saturated heterocycles. The Morgan fingerprint density at radius 3 is 2.61 bits per heavy atom. The minimum Gasteiger partial charge on any atom is -0.497 e. The SMILES string of the molecule is COc1ccc(CC(C(=O)NO)n2cc(C(C)NS(=O)(=O)c3ccc(-c4ccccn4)s3)nn2)cc1. The minimum atomic E-state index is -3.85. The molecule has 4 aromatic rings. The van der Waals surface area contributed by atoms with Crippen LogP contribution < -0.4 is 14.9 Å². The van der Waals surface area contributed by atoms with Crippen molar-refractivity contribution in [3.8, 4) is 16.3 Å². The van der Waals surface area contributed by atoms with Crippen LogP contribution in [-0.2, 0) is 21.2 Å². The first-order valence-electron chi connectivity index (χ1n) is 10.8. The normalized spacial score (nSPS) is 13.2. The summed E-state index contributed by atoms with van der Waals surface area (Å²) < 4.78 is 35.1. The Bertz CT molecular complexity index is 1420. The second-order valence-corrected chi connectivity index (χ2v) is 10.9. The monoisotopic (exact) mass is 528 g/mol. The van der Waals surface area contributed by atoms with Crippen molar-refractivity contribution in [2.75, 3.05) is 7.11 Å². The molecule has 0 fully saturated rings. The molecule has 0 saturated carbocycles. The van der Waals surface area contributed by atoms with Gasteiger partial charge in [0.1, 0.15) is 21.7 Å². The van der Waals surface area contributed by atoms with E-state index in [-0.39, 0.29) is 10.6 Å². The number of nitrogens with zero attached hydrogens (tertiary/aromatic N) is 4. The summed E-state index contributed by atoms with van der Waals surface area (Å²) in [7, 11) is -2.29. The zero-order valence-electron chi connectivity index (χ0n) is 19.4. The molecule has 3 N–H and O–H groups in total. The van der Waals surface area contributed by atoms with Crippen molar-refractivity contribution in [1.82, 2.24) is 30.2 Å². The van der Waals surface area contributed by atoms with Crippen molar-refractivity contribution < 1.29 is 23.2 Å². The van der Waals surface area contributed by atoms with Gasteiger partial charge in [-0.05, 0) is 48.9 Å². The molecule has 2 atom stereocenters. The Morgan fingerprint density at radius 2 is 1.94 bits per heavy atom. The van der Waals surface area contributed by atoms with E-state index >= 15 is 0 Å². The molecule has 1 amide bonds. The summed E-state index contributed by atoms with van der Waals surface area (Å²) in [6.45, 7) is 1.63. The van der Waals surface area contributed by atoms with Gasteiger partial charge in [0.05, 0.1) is 29.9 Å². The van der Waals surface area contributed by atoms with Gasteiger partial charge in [-0.25, -0.2) is 23.3 Å². The van der Waals surface area contributed by atoms with E-state index in [4.69, 9.17) is 4.74 Å². The zero-order chi connectivity index (χ0) is 25.7. The van der Waals surface area contributed by atoms with Crippen LogP contribution >= 0.6 is 11.3 Å². The predicted molar refractivity (Wildman–Crippen MR) is 132 cm³/mol. The van der Waals surface area contributed by atoms with Crippen LogP contribution in [0.2, 0.25) is 0 Å². The van der Waals surface area contributed by atoms with Crippen molar-refractivity contribution in [1.29, 1.82) is 0 Å². The number of aromatic nitrogens is 4. The molecule has 0 spiro atoms. The smallest absolute Gasteiger partial charge is 0.268 e. The van der Waals surface area contributed by atoms with E-state index in [9.17, 15) is 18.4 Å². The quantitative estimate of drug-likeness (QED) is 0.210. The molecule has 0 radical (unpaired) electrons. The maximum absolute atomic E-state index is 13.0. The molecule has 3 aromatic heterocycles. The fraction of sp³-hybridized carbons (Fsp3) is 0.217. The van der Waals surface area contributed by atoms with Crippen LogP contribution in [-0.4, -0.2) is 46.6 Å². The molecule has 0 aliphatic rings. The van der Waals surface area contributed by atoms with Gasteiger partial charge in [-0.2, -0.15) is 0 Å². The van der Waals surface area contributed by atoms with Crippen molar-refractivity contribution >= 4 is 27.3 Å². The Labute approximate surface area is 211 Å². The highest BCUT2D eigenvalue weighted by Gasteiger charge is 2.26. The van der Waals surface area contributed by atoms with E-state index in [1.807, 2.05) is 12.1 Å². The van der Waals surface area contributed by atoms with Crippen LogP contribution in [0, 0.1) is 0 Å². The molecule has 1 aromatic carbocycles. The van der Waals surface area contributed by atoms with Crippen LogP contribution in [0.5, 0.6) is 5.75 Å². The number of amides is 1. The van der Waals surface area contributed by atoms with Crippen LogP contribution in [0.1, 0.15) is 30.3 Å². The van der Waals surface area contributed by atoms with E-state index in [0.29, 0.717) is 17.1 Å².